The van der Waals surface area contributed by atoms with Gasteiger partial charge >= 0.3 is 5.97 Å². The van der Waals surface area contributed by atoms with Gasteiger partial charge in [-0.15, -0.1) is 0 Å². The molecule has 0 aliphatic carbocycles. The number of carbonyl (C=O) groups excluding carboxylic acids is 1. The Kier molecular flexibility index (Phi) is 21.9. The van der Waals surface area contributed by atoms with Crippen LogP contribution in [-0.4, -0.2) is 13.1 Å². The molecular weight excluding hydrogens is 344 g/mol. The molecule has 2 nitrogen and oxygen atoms in total. The Morgan fingerprint density at radius 1 is 0.571 bits per heavy atom. The minimum absolute atomic E-state index is 0.0641. The molecule has 0 bridgehead atoms. The van der Waals surface area contributed by atoms with Crippen molar-refractivity contribution in [1.82, 2.24) is 0 Å². The van der Waals surface area contributed by atoms with Gasteiger partial charge in [0.15, 0.2) is 0 Å². The lowest BCUT2D eigenvalue weighted by atomic mass is 10.0. The summed E-state index contributed by atoms with van der Waals surface area (Å²) in [5.41, 5.74) is 1.55. The van der Waals surface area contributed by atoms with Crippen molar-refractivity contribution in [2.75, 3.05) is 7.11 Å². The van der Waals surface area contributed by atoms with E-state index in [1.165, 1.54) is 123 Å². The zero-order chi connectivity index (χ0) is 20.7. The Morgan fingerprint density at radius 3 is 1.14 bits per heavy atom. The summed E-state index contributed by atoms with van der Waals surface area (Å²) < 4.78 is 4.66. The first-order valence-corrected chi connectivity index (χ1v) is 12.4. The van der Waals surface area contributed by atoms with Gasteiger partial charge in [0.2, 0.25) is 0 Å². The van der Waals surface area contributed by atoms with Crippen molar-refractivity contribution >= 4 is 5.97 Å². The fourth-order valence-electron chi connectivity index (χ4n) is 3.75. The number of allylic oxidation sites excluding steroid dienone is 2. The zero-order valence-corrected chi connectivity index (χ0v) is 19.5. The maximum Gasteiger partial charge on any atom is 0.305 e. The summed E-state index contributed by atoms with van der Waals surface area (Å²) >= 11 is 0. The summed E-state index contributed by atoms with van der Waals surface area (Å²) in [6.45, 7) is 4.40. The molecule has 0 saturated heterocycles. The van der Waals surface area contributed by atoms with Gasteiger partial charge in [-0.05, 0) is 33.1 Å². The van der Waals surface area contributed by atoms with E-state index in [2.05, 4.69) is 24.7 Å². The summed E-state index contributed by atoms with van der Waals surface area (Å²) in [6, 6.07) is 0. The summed E-state index contributed by atoms with van der Waals surface area (Å²) in [7, 11) is 1.47. The van der Waals surface area contributed by atoms with Gasteiger partial charge in [-0.3, -0.25) is 4.79 Å². The third-order valence-corrected chi connectivity index (χ3v) is 5.92. The second-order valence-electron chi connectivity index (χ2n) is 8.58. The molecule has 0 aliphatic rings. The highest BCUT2D eigenvalue weighted by molar-refractivity contribution is 5.68. The van der Waals surface area contributed by atoms with Crippen molar-refractivity contribution in [3.8, 4) is 0 Å². The van der Waals surface area contributed by atoms with E-state index in [9.17, 15) is 4.79 Å². The molecule has 0 aromatic carbocycles. The number of rotatable bonds is 21. The van der Waals surface area contributed by atoms with E-state index < -0.39 is 0 Å². The van der Waals surface area contributed by atoms with Gasteiger partial charge in [-0.25, -0.2) is 0 Å². The number of esters is 1. The van der Waals surface area contributed by atoms with Crippen LogP contribution in [0.15, 0.2) is 11.6 Å². The van der Waals surface area contributed by atoms with Crippen LogP contribution < -0.4 is 0 Å². The average molecular weight is 395 g/mol. The smallest absolute Gasteiger partial charge is 0.305 e. The quantitative estimate of drug-likeness (QED) is 0.110. The average Bonchev–Trinajstić information content (AvgIpc) is 2.71. The van der Waals surface area contributed by atoms with Crippen LogP contribution in [0.1, 0.15) is 142 Å². The second kappa shape index (κ2) is 22.5. The second-order valence-corrected chi connectivity index (χ2v) is 8.58. The predicted octanol–water partition coefficient (Wildman–Crippen LogP) is 8.93. The summed E-state index contributed by atoms with van der Waals surface area (Å²) in [5, 5.41) is 0. The van der Waals surface area contributed by atoms with Crippen molar-refractivity contribution in [3.05, 3.63) is 11.6 Å². The summed E-state index contributed by atoms with van der Waals surface area (Å²) in [4.78, 5) is 11.0. The first-order valence-electron chi connectivity index (χ1n) is 12.4. The molecule has 0 radical (unpaired) electrons. The molecule has 0 saturated carbocycles. The Labute approximate surface area is 176 Å². The van der Waals surface area contributed by atoms with E-state index in [-0.39, 0.29) is 5.97 Å². The highest BCUT2D eigenvalue weighted by Gasteiger charge is 1.99. The molecule has 2 heteroatoms. The third kappa shape index (κ3) is 21.5. The molecule has 0 aromatic rings. The molecule has 166 valence electrons. The molecule has 28 heavy (non-hydrogen) atoms. The van der Waals surface area contributed by atoms with Crippen LogP contribution >= 0.6 is 0 Å². The van der Waals surface area contributed by atoms with E-state index in [0.717, 1.165) is 6.42 Å². The third-order valence-electron chi connectivity index (χ3n) is 5.92. The molecule has 0 unspecified atom stereocenters. The van der Waals surface area contributed by atoms with E-state index in [1.54, 1.807) is 5.57 Å². The topological polar surface area (TPSA) is 26.3 Å². The lowest BCUT2D eigenvalue weighted by molar-refractivity contribution is -0.140. The van der Waals surface area contributed by atoms with Crippen LogP contribution in [0.3, 0.4) is 0 Å². The Morgan fingerprint density at radius 2 is 0.857 bits per heavy atom. The van der Waals surface area contributed by atoms with E-state index in [1.807, 2.05) is 0 Å². The van der Waals surface area contributed by atoms with Crippen molar-refractivity contribution in [3.63, 3.8) is 0 Å². The molecular formula is C26H50O2. The van der Waals surface area contributed by atoms with Crippen molar-refractivity contribution in [2.45, 2.75) is 142 Å². The fraction of sp³-hybridized carbons (Fsp3) is 0.885. The predicted molar refractivity (Wildman–Crippen MR) is 124 cm³/mol. The largest absolute Gasteiger partial charge is 0.469 e. The number of methoxy groups -OCH3 is 1. The van der Waals surface area contributed by atoms with Crippen molar-refractivity contribution < 1.29 is 9.53 Å². The Balaban J connectivity index is 3.06. The van der Waals surface area contributed by atoms with Gasteiger partial charge in [0.05, 0.1) is 7.11 Å². The first kappa shape index (κ1) is 27.2. The van der Waals surface area contributed by atoms with Crippen LogP contribution in [0.2, 0.25) is 0 Å². The minimum Gasteiger partial charge on any atom is -0.469 e. The van der Waals surface area contributed by atoms with Gasteiger partial charge in [-0.2, -0.15) is 0 Å². The Hall–Kier alpha value is -0.790. The van der Waals surface area contributed by atoms with Crippen LogP contribution in [0.5, 0.6) is 0 Å². The first-order chi connectivity index (χ1) is 13.7. The molecule has 0 atom stereocenters. The van der Waals surface area contributed by atoms with E-state index in [4.69, 9.17) is 0 Å². The number of unbranched alkanes of at least 4 members (excludes halogenated alkanes) is 17. The van der Waals surface area contributed by atoms with E-state index >= 15 is 0 Å². The highest BCUT2D eigenvalue weighted by atomic mass is 16.5. The number of hydrogen-bond donors (Lipinski definition) is 0. The molecule has 0 aliphatic heterocycles. The molecule has 0 heterocycles. The molecule has 0 aromatic heterocycles. The van der Waals surface area contributed by atoms with Gasteiger partial charge in [0, 0.05) is 6.42 Å². The molecule has 0 spiro atoms. The number of hydrogen-bond acceptors (Lipinski definition) is 2. The van der Waals surface area contributed by atoms with Crippen molar-refractivity contribution in [1.29, 1.82) is 0 Å². The van der Waals surface area contributed by atoms with Crippen LogP contribution in [-0.2, 0) is 9.53 Å². The molecule has 0 amide bonds. The van der Waals surface area contributed by atoms with Crippen LogP contribution in [0.4, 0.5) is 0 Å². The summed E-state index contributed by atoms with van der Waals surface area (Å²) in [6.07, 6.45) is 28.8. The Bertz CT molecular complexity index is 359. The normalized spacial score (nSPS) is 11.8. The van der Waals surface area contributed by atoms with Gasteiger partial charge in [0.1, 0.15) is 0 Å². The highest BCUT2D eigenvalue weighted by Crippen LogP contribution is 2.15. The SMILES string of the molecule is CC=C(C)CCCCCCCCCCCCCCCCCCCCC(=O)OC. The standard InChI is InChI=1S/C26H50O2/c1-4-25(2)23-21-19-17-15-13-11-9-7-5-6-8-10-12-14-16-18-20-22-24-26(27)28-3/h4H,5-24H2,1-3H3. The minimum atomic E-state index is -0.0641. The maximum absolute atomic E-state index is 11.0. The molecule has 0 N–H and O–H groups in total. The summed E-state index contributed by atoms with van der Waals surface area (Å²) in [5.74, 6) is -0.0641. The molecule has 0 fully saturated rings. The van der Waals surface area contributed by atoms with Gasteiger partial charge < -0.3 is 4.74 Å². The van der Waals surface area contributed by atoms with Gasteiger partial charge in [0.25, 0.3) is 0 Å². The van der Waals surface area contributed by atoms with E-state index in [0.29, 0.717) is 6.42 Å². The van der Waals surface area contributed by atoms with Crippen LogP contribution in [0.25, 0.3) is 0 Å². The monoisotopic (exact) mass is 394 g/mol. The zero-order valence-electron chi connectivity index (χ0n) is 19.5. The fourth-order valence-corrected chi connectivity index (χ4v) is 3.75. The number of ether oxygens (including phenoxy) is 1. The van der Waals surface area contributed by atoms with Crippen molar-refractivity contribution in [2.24, 2.45) is 0 Å². The maximum atomic E-state index is 11.0. The number of carbonyl (C=O) groups is 1. The molecule has 0 rings (SSSR count). The lowest BCUT2D eigenvalue weighted by Crippen LogP contribution is -1.99. The van der Waals surface area contributed by atoms with Gasteiger partial charge in [-0.1, -0.05) is 114 Å². The lowest BCUT2D eigenvalue weighted by Gasteiger charge is -2.04. The van der Waals surface area contributed by atoms with Crippen LogP contribution in [0, 0.1) is 0 Å².